The first-order chi connectivity index (χ1) is 6.81. The van der Waals surface area contributed by atoms with Crippen LogP contribution in [-0.4, -0.2) is 12.9 Å². The quantitative estimate of drug-likeness (QED) is 0.712. The van der Waals surface area contributed by atoms with E-state index in [2.05, 4.69) is 0 Å². The molecule has 0 saturated heterocycles. The summed E-state index contributed by atoms with van der Waals surface area (Å²) < 4.78 is 5.05. The van der Waals surface area contributed by atoms with Gasteiger partial charge >= 0.3 is 0 Å². The molecule has 1 aliphatic rings. The molecule has 1 aromatic carbocycles. The highest BCUT2D eigenvalue weighted by atomic mass is 16.5. The minimum Gasteiger partial charge on any atom is -0.497 e. The molecular weight excluding hydrogens is 176 g/mol. The van der Waals surface area contributed by atoms with E-state index >= 15 is 0 Å². The van der Waals surface area contributed by atoms with Gasteiger partial charge in [0.15, 0.2) is 5.78 Å². The van der Waals surface area contributed by atoms with Gasteiger partial charge in [-0.15, -0.1) is 0 Å². The van der Waals surface area contributed by atoms with Crippen LogP contribution >= 0.6 is 0 Å². The first-order valence-electron chi connectivity index (χ1n) is 4.69. The van der Waals surface area contributed by atoms with Crippen LogP contribution < -0.4 is 4.74 Å². The predicted octanol–water partition coefficient (Wildman–Crippen LogP) is 2.44. The summed E-state index contributed by atoms with van der Waals surface area (Å²) in [6, 6.07) is 7.60. The van der Waals surface area contributed by atoms with Crippen LogP contribution in [0.4, 0.5) is 0 Å². The van der Waals surface area contributed by atoms with Crippen LogP contribution in [0.2, 0.25) is 0 Å². The van der Waals surface area contributed by atoms with Crippen LogP contribution in [0.5, 0.6) is 5.75 Å². The van der Waals surface area contributed by atoms with Gasteiger partial charge in [0.05, 0.1) is 7.11 Å². The number of hydrogen-bond acceptors (Lipinski definition) is 2. The summed E-state index contributed by atoms with van der Waals surface area (Å²) in [5.41, 5.74) is 1.85. The molecule has 0 aromatic heterocycles. The molecule has 0 spiro atoms. The van der Waals surface area contributed by atoms with E-state index in [0.29, 0.717) is 6.42 Å². The topological polar surface area (TPSA) is 26.3 Å². The number of allylic oxidation sites excluding steroid dienone is 2. The molecule has 14 heavy (non-hydrogen) atoms. The van der Waals surface area contributed by atoms with Gasteiger partial charge in [-0.2, -0.15) is 0 Å². The number of benzene rings is 1. The summed E-state index contributed by atoms with van der Waals surface area (Å²) in [5, 5.41) is 0. The molecule has 2 rings (SSSR count). The lowest BCUT2D eigenvalue weighted by molar-refractivity contribution is -0.113. The molecular formula is C12H12O2. The Morgan fingerprint density at radius 3 is 2.43 bits per heavy atom. The molecule has 2 nitrogen and oxygen atoms in total. The molecule has 0 aliphatic heterocycles. The van der Waals surface area contributed by atoms with Crippen molar-refractivity contribution >= 4 is 11.4 Å². The van der Waals surface area contributed by atoms with Crippen molar-refractivity contribution in [3.63, 3.8) is 0 Å². The Balaban J connectivity index is 2.29. The zero-order chi connectivity index (χ0) is 9.97. The molecule has 0 N–H and O–H groups in total. The Morgan fingerprint density at radius 2 is 1.93 bits per heavy atom. The first kappa shape index (κ1) is 9.00. The van der Waals surface area contributed by atoms with Gasteiger partial charge in [-0.05, 0) is 24.1 Å². The van der Waals surface area contributed by atoms with E-state index in [4.69, 9.17) is 4.74 Å². The number of carbonyl (C=O) groups is 1. The van der Waals surface area contributed by atoms with Gasteiger partial charge in [0.1, 0.15) is 5.75 Å². The van der Waals surface area contributed by atoms with Gasteiger partial charge in [0.2, 0.25) is 0 Å². The molecule has 0 bridgehead atoms. The van der Waals surface area contributed by atoms with Crippen molar-refractivity contribution in [1.29, 1.82) is 0 Å². The van der Waals surface area contributed by atoms with Crippen molar-refractivity contribution in [3.8, 4) is 5.75 Å². The van der Waals surface area contributed by atoms with Crippen molar-refractivity contribution in [2.24, 2.45) is 0 Å². The van der Waals surface area contributed by atoms with E-state index in [1.807, 2.05) is 30.3 Å². The Bertz CT molecular complexity index is 374. The van der Waals surface area contributed by atoms with Crippen molar-refractivity contribution in [2.45, 2.75) is 12.8 Å². The summed E-state index contributed by atoms with van der Waals surface area (Å²) >= 11 is 0. The van der Waals surface area contributed by atoms with Crippen molar-refractivity contribution in [1.82, 2.24) is 0 Å². The second-order valence-corrected chi connectivity index (χ2v) is 3.31. The molecule has 0 radical (unpaired) electrons. The number of hydrogen-bond donors (Lipinski definition) is 0. The molecule has 0 atom stereocenters. The number of Topliss-reactive ketones (excluding diaryl/α,β-unsaturated/α-hetero) is 1. The summed E-state index contributed by atoms with van der Waals surface area (Å²) in [5.74, 6) is 1.06. The van der Waals surface area contributed by atoms with Crippen LogP contribution in [0.1, 0.15) is 18.4 Å². The lowest BCUT2D eigenvalue weighted by atomic mass is 10.0. The Kier molecular flexibility index (Phi) is 2.35. The fraction of sp³-hybridized carbons (Fsp3) is 0.250. The molecule has 2 heteroatoms. The third-order valence-corrected chi connectivity index (χ3v) is 2.42. The van der Waals surface area contributed by atoms with E-state index < -0.39 is 0 Å². The minimum absolute atomic E-state index is 0.246. The number of methoxy groups -OCH3 is 1. The van der Waals surface area contributed by atoms with Gasteiger partial charge in [-0.1, -0.05) is 18.2 Å². The number of ether oxygens (including phenoxy) is 1. The monoisotopic (exact) mass is 188 g/mol. The summed E-state index contributed by atoms with van der Waals surface area (Å²) in [6.45, 7) is 0. The van der Waals surface area contributed by atoms with Crippen LogP contribution in [0.25, 0.3) is 5.57 Å². The van der Waals surface area contributed by atoms with Crippen molar-refractivity contribution in [3.05, 3.63) is 35.9 Å². The number of carbonyl (C=O) groups excluding carboxylic acids is 1. The molecule has 0 saturated carbocycles. The van der Waals surface area contributed by atoms with Gasteiger partial charge in [-0.3, -0.25) is 4.79 Å². The van der Waals surface area contributed by atoms with Crippen LogP contribution in [0.3, 0.4) is 0 Å². The number of ketones is 1. The summed E-state index contributed by atoms with van der Waals surface area (Å²) in [6.07, 6.45) is 3.53. The van der Waals surface area contributed by atoms with E-state index in [9.17, 15) is 4.79 Å². The smallest absolute Gasteiger partial charge is 0.163 e. The van der Waals surface area contributed by atoms with Gasteiger partial charge in [0.25, 0.3) is 0 Å². The largest absolute Gasteiger partial charge is 0.497 e. The zero-order valence-electron chi connectivity index (χ0n) is 8.12. The molecule has 0 amide bonds. The van der Waals surface area contributed by atoms with Gasteiger partial charge in [-0.25, -0.2) is 0 Å². The van der Waals surface area contributed by atoms with E-state index in [1.54, 1.807) is 7.11 Å². The van der Waals surface area contributed by atoms with Crippen LogP contribution in [0, 0.1) is 0 Å². The highest BCUT2D eigenvalue weighted by Crippen LogP contribution is 2.25. The minimum atomic E-state index is 0.246. The molecule has 72 valence electrons. The Morgan fingerprint density at radius 1 is 1.21 bits per heavy atom. The summed E-state index contributed by atoms with van der Waals surface area (Å²) in [7, 11) is 1.63. The molecule has 0 fully saturated rings. The fourth-order valence-electron chi connectivity index (χ4n) is 1.65. The van der Waals surface area contributed by atoms with Gasteiger partial charge in [0, 0.05) is 12.0 Å². The second kappa shape index (κ2) is 3.66. The maximum atomic E-state index is 11.4. The maximum absolute atomic E-state index is 11.4. The third kappa shape index (κ3) is 1.55. The highest BCUT2D eigenvalue weighted by molar-refractivity contribution is 6.22. The van der Waals surface area contributed by atoms with E-state index in [0.717, 1.165) is 23.3 Å². The Hall–Kier alpha value is -1.57. The molecule has 1 aromatic rings. The van der Waals surface area contributed by atoms with Crippen molar-refractivity contribution in [2.75, 3.05) is 7.11 Å². The average Bonchev–Trinajstić information content (AvgIpc) is 2.65. The SMILES string of the molecule is COc1ccc(C2=CCCC2=O)cc1. The standard InChI is InChI=1S/C12H12O2/c1-14-10-7-5-9(6-8-10)11-3-2-4-12(11)13/h3,5-8H,2,4H2,1H3. The zero-order valence-corrected chi connectivity index (χ0v) is 8.12. The predicted molar refractivity (Wildman–Crippen MR) is 55.2 cm³/mol. The highest BCUT2D eigenvalue weighted by Gasteiger charge is 2.16. The van der Waals surface area contributed by atoms with Crippen LogP contribution in [0.15, 0.2) is 30.3 Å². The molecule has 1 aliphatic carbocycles. The maximum Gasteiger partial charge on any atom is 0.163 e. The van der Waals surface area contributed by atoms with Crippen LogP contribution in [-0.2, 0) is 4.79 Å². The summed E-state index contributed by atoms with van der Waals surface area (Å²) in [4.78, 5) is 11.4. The van der Waals surface area contributed by atoms with E-state index in [1.165, 1.54) is 0 Å². The first-order valence-corrected chi connectivity index (χ1v) is 4.69. The van der Waals surface area contributed by atoms with Crippen molar-refractivity contribution < 1.29 is 9.53 Å². The number of rotatable bonds is 2. The third-order valence-electron chi connectivity index (χ3n) is 2.42. The van der Waals surface area contributed by atoms with E-state index in [-0.39, 0.29) is 5.78 Å². The lowest BCUT2D eigenvalue weighted by Gasteiger charge is -2.02. The van der Waals surface area contributed by atoms with Gasteiger partial charge < -0.3 is 4.74 Å². The molecule has 0 heterocycles. The lowest BCUT2D eigenvalue weighted by Crippen LogP contribution is -1.94. The average molecular weight is 188 g/mol. The fourth-order valence-corrected chi connectivity index (χ4v) is 1.65. The second-order valence-electron chi connectivity index (χ2n) is 3.31. The normalized spacial score (nSPS) is 15.5. The Labute approximate surface area is 83.2 Å². The molecule has 0 unspecified atom stereocenters.